The lowest BCUT2D eigenvalue weighted by Gasteiger charge is -2.16. The number of benzene rings is 1. The summed E-state index contributed by atoms with van der Waals surface area (Å²) < 4.78 is 0.541. The summed E-state index contributed by atoms with van der Waals surface area (Å²) in [6.45, 7) is 4.04. The van der Waals surface area contributed by atoms with Crippen LogP contribution < -0.4 is 5.73 Å². The first kappa shape index (κ1) is 14.0. The van der Waals surface area contributed by atoms with Crippen molar-refractivity contribution in [2.45, 2.75) is 32.2 Å². The average Bonchev–Trinajstić information content (AvgIpc) is 2.20. The van der Waals surface area contributed by atoms with Crippen molar-refractivity contribution >= 4 is 21.9 Å². The van der Waals surface area contributed by atoms with Crippen LogP contribution in [0.3, 0.4) is 0 Å². The number of halogens is 1. The van der Waals surface area contributed by atoms with Crippen LogP contribution in [-0.2, 0) is 4.79 Å². The molecule has 1 aromatic carbocycles. The van der Waals surface area contributed by atoms with E-state index in [1.165, 1.54) is 0 Å². The van der Waals surface area contributed by atoms with Gasteiger partial charge < -0.3 is 15.9 Å². The molecule has 0 saturated heterocycles. The Morgan fingerprint density at radius 1 is 1.47 bits per heavy atom. The number of carbonyl (C=O) groups is 1. The molecular weight excluding hydrogens is 286 g/mol. The molecule has 0 radical (unpaired) electrons. The lowest BCUT2D eigenvalue weighted by Crippen LogP contribution is -2.15. The van der Waals surface area contributed by atoms with Crippen molar-refractivity contribution in [3.05, 3.63) is 27.7 Å². The largest absolute Gasteiger partial charge is 0.506 e. The molecule has 0 spiro atoms. The van der Waals surface area contributed by atoms with Crippen LogP contribution in [0.25, 0.3) is 0 Å². The molecule has 0 aliphatic carbocycles. The smallest absolute Gasteiger partial charge is 0.305 e. The predicted octanol–water partition coefficient (Wildman–Crippen LogP) is 2.75. The fourth-order valence-corrected chi connectivity index (χ4v) is 2.05. The summed E-state index contributed by atoms with van der Waals surface area (Å²) >= 11 is 3.25. The number of hydrogen-bond acceptors (Lipinski definition) is 3. The fraction of sp³-hybridized carbons (Fsp3) is 0.417. The topological polar surface area (TPSA) is 83.5 Å². The van der Waals surface area contributed by atoms with Gasteiger partial charge in [-0.2, -0.15) is 0 Å². The van der Waals surface area contributed by atoms with Crippen LogP contribution in [0, 0.1) is 0 Å². The van der Waals surface area contributed by atoms with E-state index >= 15 is 0 Å². The van der Waals surface area contributed by atoms with Gasteiger partial charge in [-0.25, -0.2) is 0 Å². The van der Waals surface area contributed by atoms with E-state index in [9.17, 15) is 9.90 Å². The number of phenolic OH excluding ortho intramolecular Hbond substituents is 1. The minimum atomic E-state index is -0.983. The van der Waals surface area contributed by atoms with Crippen molar-refractivity contribution in [3.63, 3.8) is 0 Å². The number of rotatable bonds is 4. The molecule has 5 heteroatoms. The quantitative estimate of drug-likeness (QED) is 0.798. The lowest BCUT2D eigenvalue weighted by atomic mass is 9.96. The minimum Gasteiger partial charge on any atom is -0.506 e. The van der Waals surface area contributed by atoms with Crippen molar-refractivity contribution in [3.8, 4) is 5.75 Å². The van der Waals surface area contributed by atoms with Crippen LogP contribution in [0.2, 0.25) is 0 Å². The highest BCUT2D eigenvalue weighted by atomic mass is 79.9. The van der Waals surface area contributed by atoms with E-state index in [1.807, 2.05) is 19.9 Å². The summed E-state index contributed by atoms with van der Waals surface area (Å²) in [5, 5.41) is 18.6. The summed E-state index contributed by atoms with van der Waals surface area (Å²) in [4.78, 5) is 10.6. The zero-order valence-electron chi connectivity index (χ0n) is 9.77. The van der Waals surface area contributed by atoms with Crippen LogP contribution in [-0.4, -0.2) is 16.2 Å². The Bertz CT molecular complexity index is 432. The van der Waals surface area contributed by atoms with E-state index in [2.05, 4.69) is 15.9 Å². The Hall–Kier alpha value is -1.07. The molecule has 0 amide bonds. The molecule has 4 N–H and O–H groups in total. The Morgan fingerprint density at radius 2 is 2.06 bits per heavy atom. The molecule has 4 nitrogen and oxygen atoms in total. The van der Waals surface area contributed by atoms with Crippen LogP contribution in [0.1, 0.15) is 43.4 Å². The maximum Gasteiger partial charge on any atom is 0.305 e. The molecule has 1 unspecified atom stereocenters. The first-order valence-corrected chi connectivity index (χ1v) is 6.12. The molecule has 17 heavy (non-hydrogen) atoms. The van der Waals surface area contributed by atoms with Gasteiger partial charge in [0.25, 0.3) is 0 Å². The van der Waals surface area contributed by atoms with Crippen molar-refractivity contribution in [2.75, 3.05) is 0 Å². The summed E-state index contributed by atoms with van der Waals surface area (Å²) in [6.07, 6.45) is -0.207. The summed E-state index contributed by atoms with van der Waals surface area (Å²) in [7, 11) is 0. The molecule has 0 heterocycles. The van der Waals surface area contributed by atoms with Gasteiger partial charge in [0.05, 0.1) is 10.9 Å². The number of nitrogens with two attached hydrogens (primary N) is 1. The Kier molecular flexibility index (Phi) is 4.54. The average molecular weight is 302 g/mol. The first-order valence-electron chi connectivity index (χ1n) is 5.32. The zero-order valence-corrected chi connectivity index (χ0v) is 11.4. The molecule has 0 saturated carbocycles. The van der Waals surface area contributed by atoms with Crippen LogP contribution >= 0.6 is 15.9 Å². The van der Waals surface area contributed by atoms with Crippen molar-refractivity contribution < 1.29 is 15.0 Å². The maximum absolute atomic E-state index is 10.6. The number of phenols is 1. The van der Waals surface area contributed by atoms with E-state index in [4.69, 9.17) is 10.8 Å². The highest BCUT2D eigenvalue weighted by Crippen LogP contribution is 2.35. The SMILES string of the molecule is CC(C)c1cc(Br)c(O)c(C(N)CC(=O)O)c1. The van der Waals surface area contributed by atoms with Crippen molar-refractivity contribution in [1.29, 1.82) is 0 Å². The first-order chi connectivity index (χ1) is 7.82. The molecule has 0 aliphatic rings. The minimum absolute atomic E-state index is 0.0168. The van der Waals surface area contributed by atoms with Crippen LogP contribution in [0.15, 0.2) is 16.6 Å². The van der Waals surface area contributed by atoms with Gasteiger partial charge in [-0.05, 0) is 33.5 Å². The zero-order chi connectivity index (χ0) is 13.2. The Balaban J connectivity index is 3.17. The highest BCUT2D eigenvalue weighted by molar-refractivity contribution is 9.10. The second kappa shape index (κ2) is 5.51. The molecule has 1 atom stereocenters. The molecule has 0 aliphatic heterocycles. The third-order valence-electron chi connectivity index (χ3n) is 2.58. The molecule has 94 valence electrons. The lowest BCUT2D eigenvalue weighted by molar-refractivity contribution is -0.137. The van der Waals surface area contributed by atoms with E-state index in [0.29, 0.717) is 10.0 Å². The molecular formula is C12H16BrNO3. The molecule has 0 bridgehead atoms. The summed E-state index contributed by atoms with van der Waals surface area (Å²) in [6, 6.07) is 2.87. The fourth-order valence-electron chi connectivity index (χ4n) is 1.56. The van der Waals surface area contributed by atoms with Crippen molar-refractivity contribution in [2.24, 2.45) is 5.73 Å². The van der Waals surface area contributed by atoms with E-state index < -0.39 is 12.0 Å². The second-order valence-electron chi connectivity index (χ2n) is 4.30. The Labute approximate surface area is 109 Å². The van der Waals surface area contributed by atoms with Gasteiger partial charge in [0, 0.05) is 11.6 Å². The number of hydrogen-bond donors (Lipinski definition) is 3. The van der Waals surface area contributed by atoms with Crippen LogP contribution in [0.5, 0.6) is 5.75 Å². The third kappa shape index (κ3) is 3.44. The van der Waals surface area contributed by atoms with Gasteiger partial charge in [-0.1, -0.05) is 19.9 Å². The van der Waals surface area contributed by atoms with Gasteiger partial charge in [0.1, 0.15) is 5.75 Å². The van der Waals surface area contributed by atoms with Gasteiger partial charge in [-0.3, -0.25) is 4.79 Å². The summed E-state index contributed by atoms with van der Waals surface area (Å²) in [5.41, 5.74) is 7.24. The standard InChI is InChI=1S/C12H16BrNO3/c1-6(2)7-3-8(10(14)5-11(15)16)12(17)9(13)4-7/h3-4,6,10,17H,5,14H2,1-2H3,(H,15,16). The van der Waals surface area contributed by atoms with E-state index in [0.717, 1.165) is 5.56 Å². The number of carboxylic acids is 1. The number of carboxylic acid groups (broad SMARTS) is 1. The highest BCUT2D eigenvalue weighted by Gasteiger charge is 2.18. The maximum atomic E-state index is 10.6. The normalized spacial score (nSPS) is 12.8. The van der Waals surface area contributed by atoms with Crippen LogP contribution in [0.4, 0.5) is 0 Å². The molecule has 1 aromatic rings. The summed E-state index contributed by atoms with van der Waals surface area (Å²) in [5.74, 6) is -0.686. The van der Waals surface area contributed by atoms with Gasteiger partial charge in [-0.15, -0.1) is 0 Å². The van der Waals surface area contributed by atoms with Crippen molar-refractivity contribution in [1.82, 2.24) is 0 Å². The van der Waals surface area contributed by atoms with Gasteiger partial charge >= 0.3 is 5.97 Å². The Morgan fingerprint density at radius 3 is 2.53 bits per heavy atom. The monoisotopic (exact) mass is 301 g/mol. The number of aliphatic carboxylic acids is 1. The van der Waals surface area contributed by atoms with E-state index in [-0.39, 0.29) is 18.1 Å². The van der Waals surface area contributed by atoms with Gasteiger partial charge in [0.2, 0.25) is 0 Å². The molecule has 1 rings (SSSR count). The second-order valence-corrected chi connectivity index (χ2v) is 5.15. The number of aromatic hydroxyl groups is 1. The third-order valence-corrected chi connectivity index (χ3v) is 3.18. The molecule has 0 aromatic heterocycles. The predicted molar refractivity (Wildman–Crippen MR) is 69.1 cm³/mol. The molecule has 0 fully saturated rings. The van der Waals surface area contributed by atoms with Gasteiger partial charge in [0.15, 0.2) is 0 Å². The van der Waals surface area contributed by atoms with E-state index in [1.54, 1.807) is 6.07 Å².